The van der Waals surface area contributed by atoms with Gasteiger partial charge in [-0.1, -0.05) is 30.3 Å². The van der Waals surface area contributed by atoms with Crippen LogP contribution in [0.1, 0.15) is 15.2 Å². The highest BCUT2D eigenvalue weighted by atomic mass is 32.2. The van der Waals surface area contributed by atoms with Crippen molar-refractivity contribution in [2.45, 2.75) is 6.92 Å². The van der Waals surface area contributed by atoms with Crippen molar-refractivity contribution in [2.75, 3.05) is 10.0 Å². The van der Waals surface area contributed by atoms with Gasteiger partial charge in [-0.15, -0.1) is 11.3 Å². The maximum absolute atomic E-state index is 12.0. The second kappa shape index (κ2) is 7.28. The number of para-hydroxylation sites is 1. The topological polar surface area (TPSA) is 107 Å². The van der Waals surface area contributed by atoms with E-state index in [0.717, 1.165) is 26.8 Å². The van der Waals surface area contributed by atoms with Crippen LogP contribution in [0.25, 0.3) is 11.1 Å². The van der Waals surface area contributed by atoms with E-state index in [9.17, 15) is 13.6 Å². The lowest BCUT2D eigenvalue weighted by Gasteiger charge is -2.28. The van der Waals surface area contributed by atoms with Crippen molar-refractivity contribution in [3.05, 3.63) is 65.0 Å². The molecule has 0 aliphatic heterocycles. The predicted molar refractivity (Wildman–Crippen MR) is 103 cm³/mol. The molecular weight excluding hydrogens is 372 g/mol. The van der Waals surface area contributed by atoms with Crippen LogP contribution in [0.4, 0.5) is 16.4 Å². The molecule has 26 heavy (non-hydrogen) atoms. The number of aryl methyl sites for hydroxylation is 1. The fourth-order valence-electron chi connectivity index (χ4n) is 2.63. The van der Waals surface area contributed by atoms with E-state index in [1.54, 1.807) is 12.1 Å². The molecule has 0 saturated carbocycles. The van der Waals surface area contributed by atoms with Crippen LogP contribution in [0.2, 0.25) is 0 Å². The normalized spacial score (nSPS) is 11.9. The van der Waals surface area contributed by atoms with Gasteiger partial charge in [-0.3, -0.25) is 8.51 Å². The largest absolute Gasteiger partial charge is 0.755 e. The van der Waals surface area contributed by atoms with Gasteiger partial charge in [0.2, 0.25) is 0 Å². The monoisotopic (exact) mass is 387 g/mol. The molecule has 0 saturated heterocycles. The molecule has 2 aromatic carbocycles. The zero-order valence-electron chi connectivity index (χ0n) is 13.7. The van der Waals surface area contributed by atoms with Gasteiger partial charge in [0.25, 0.3) is 0 Å². The summed E-state index contributed by atoms with van der Waals surface area (Å²) in [6, 6.07) is 15.5. The molecule has 0 fully saturated rings. The molecule has 1 atom stereocenters. The van der Waals surface area contributed by atoms with E-state index in [-0.39, 0.29) is 4.88 Å². The van der Waals surface area contributed by atoms with Crippen LogP contribution in [0.3, 0.4) is 0 Å². The highest BCUT2D eigenvalue weighted by molar-refractivity contribution is 7.81. The minimum absolute atomic E-state index is 0.0677. The second-order valence-corrected chi connectivity index (χ2v) is 7.41. The first-order valence-corrected chi connectivity index (χ1v) is 9.41. The van der Waals surface area contributed by atoms with E-state index >= 15 is 0 Å². The Hall–Kier alpha value is -2.68. The van der Waals surface area contributed by atoms with Crippen LogP contribution in [-0.2, 0) is 11.3 Å². The lowest BCUT2D eigenvalue weighted by Crippen LogP contribution is -2.20. The minimum atomic E-state index is -2.63. The molecule has 3 N–H and O–H groups in total. The van der Waals surface area contributed by atoms with Crippen LogP contribution in [0.15, 0.2) is 54.6 Å². The molecule has 8 heteroatoms. The summed E-state index contributed by atoms with van der Waals surface area (Å²) in [6.07, 6.45) is 0. The maximum Gasteiger partial charge on any atom is 0.345 e. The lowest BCUT2D eigenvalue weighted by atomic mass is 10.0. The van der Waals surface area contributed by atoms with Gasteiger partial charge in [0.05, 0.1) is 17.0 Å². The lowest BCUT2D eigenvalue weighted by molar-refractivity contribution is 0.0702. The number of carboxylic acids is 1. The number of thiophene rings is 1. The number of anilines is 3. The number of carbonyl (C=O) groups is 1. The molecule has 1 aromatic heterocycles. The summed E-state index contributed by atoms with van der Waals surface area (Å²) < 4.78 is 25.2. The van der Waals surface area contributed by atoms with Crippen LogP contribution < -0.4 is 10.0 Å². The number of nitrogen functional groups attached to an aromatic ring is 1. The Labute approximate surface area is 156 Å². The van der Waals surface area contributed by atoms with E-state index in [4.69, 9.17) is 10.8 Å². The number of rotatable bonds is 5. The van der Waals surface area contributed by atoms with Crippen LogP contribution >= 0.6 is 11.3 Å². The highest BCUT2D eigenvalue weighted by Gasteiger charge is 2.20. The Morgan fingerprint density at radius 2 is 1.85 bits per heavy atom. The number of nitrogens with zero attached hydrogens (tertiary/aromatic N) is 1. The molecule has 0 bridgehead atoms. The van der Waals surface area contributed by atoms with Crippen molar-refractivity contribution < 1.29 is 18.7 Å². The van der Waals surface area contributed by atoms with E-state index in [2.05, 4.69) is 0 Å². The Balaban J connectivity index is 2.20. The maximum atomic E-state index is 12.0. The van der Waals surface area contributed by atoms with Gasteiger partial charge in [-0.2, -0.15) is 0 Å². The summed E-state index contributed by atoms with van der Waals surface area (Å²) >= 11 is -1.73. The molecule has 0 aliphatic carbocycles. The standard InChI is InChI=1S/C18H16N2O4S2/c1-11-3-2-4-14(12-5-7-13(19)8-6-12)17(11)20(26(23)24)16-10-9-15(25-16)18(21)22/h2-10H,19H2,1H3,(H,21,22)(H,23,24)/p-1. The third-order valence-electron chi connectivity index (χ3n) is 3.81. The molecule has 6 nitrogen and oxygen atoms in total. The van der Waals surface area contributed by atoms with Gasteiger partial charge in [0.15, 0.2) is 0 Å². The molecule has 3 rings (SSSR count). The average molecular weight is 387 g/mol. The van der Waals surface area contributed by atoms with Crippen molar-refractivity contribution in [2.24, 2.45) is 0 Å². The fourth-order valence-corrected chi connectivity index (χ4v) is 4.29. The molecule has 0 spiro atoms. The molecule has 0 radical (unpaired) electrons. The summed E-state index contributed by atoms with van der Waals surface area (Å²) in [7, 11) is 0. The number of hydrogen-bond acceptors (Lipinski definition) is 5. The predicted octanol–water partition coefficient (Wildman–Crippen LogP) is 3.94. The Morgan fingerprint density at radius 3 is 2.42 bits per heavy atom. The third kappa shape index (κ3) is 3.48. The van der Waals surface area contributed by atoms with Crippen molar-refractivity contribution >= 4 is 44.9 Å². The molecule has 1 heterocycles. The quantitative estimate of drug-likeness (QED) is 0.509. The Kier molecular flexibility index (Phi) is 5.08. The van der Waals surface area contributed by atoms with Gasteiger partial charge >= 0.3 is 5.97 Å². The van der Waals surface area contributed by atoms with Crippen molar-refractivity contribution in [1.82, 2.24) is 0 Å². The number of benzene rings is 2. The highest BCUT2D eigenvalue weighted by Crippen LogP contribution is 2.41. The van der Waals surface area contributed by atoms with E-state index in [1.165, 1.54) is 12.1 Å². The Morgan fingerprint density at radius 1 is 1.15 bits per heavy atom. The summed E-state index contributed by atoms with van der Waals surface area (Å²) in [5, 5.41) is 9.44. The SMILES string of the molecule is Cc1cccc(-c2ccc(N)cc2)c1N(c1ccc(C(=O)O)s1)S(=O)[O-]. The van der Waals surface area contributed by atoms with Crippen LogP contribution in [0, 0.1) is 6.92 Å². The average Bonchev–Trinajstić information content (AvgIpc) is 3.07. The summed E-state index contributed by atoms with van der Waals surface area (Å²) in [5.41, 5.74) is 9.08. The molecule has 0 aliphatic rings. The van der Waals surface area contributed by atoms with Gasteiger partial charge in [-0.25, -0.2) is 4.79 Å². The fraction of sp³-hybridized carbons (Fsp3) is 0.0556. The van der Waals surface area contributed by atoms with Gasteiger partial charge in [0.1, 0.15) is 9.88 Å². The van der Waals surface area contributed by atoms with E-state index < -0.39 is 17.2 Å². The van der Waals surface area contributed by atoms with Crippen LogP contribution in [0.5, 0.6) is 0 Å². The molecule has 1 unspecified atom stereocenters. The van der Waals surface area contributed by atoms with E-state index in [1.807, 2.05) is 37.3 Å². The molecule has 3 aromatic rings. The minimum Gasteiger partial charge on any atom is -0.755 e. The van der Waals surface area contributed by atoms with Crippen LogP contribution in [-0.4, -0.2) is 19.8 Å². The van der Waals surface area contributed by atoms with Gasteiger partial charge in [0, 0.05) is 11.3 Å². The van der Waals surface area contributed by atoms with Crippen molar-refractivity contribution in [3.63, 3.8) is 0 Å². The third-order valence-corrected chi connectivity index (χ3v) is 5.67. The second-order valence-electron chi connectivity index (χ2n) is 5.55. The summed E-state index contributed by atoms with van der Waals surface area (Å²) in [4.78, 5) is 11.2. The van der Waals surface area contributed by atoms with Gasteiger partial charge < -0.3 is 15.4 Å². The van der Waals surface area contributed by atoms with Gasteiger partial charge in [-0.05, 0) is 42.3 Å². The summed E-state index contributed by atoms with van der Waals surface area (Å²) in [5.74, 6) is -1.10. The van der Waals surface area contributed by atoms with Crippen molar-refractivity contribution in [1.29, 1.82) is 0 Å². The number of hydrogen-bond donors (Lipinski definition) is 2. The zero-order valence-corrected chi connectivity index (χ0v) is 15.3. The first kappa shape index (κ1) is 18.1. The first-order valence-electron chi connectivity index (χ1n) is 7.56. The zero-order chi connectivity index (χ0) is 18.8. The number of aromatic carboxylic acids is 1. The molecular formula is C18H15N2O4S2-. The first-order chi connectivity index (χ1) is 12.4. The smallest absolute Gasteiger partial charge is 0.345 e. The molecule has 134 valence electrons. The number of nitrogens with two attached hydrogens (primary N) is 1. The van der Waals surface area contributed by atoms with E-state index in [0.29, 0.717) is 21.9 Å². The number of carboxylic acid groups (broad SMARTS) is 1. The summed E-state index contributed by atoms with van der Waals surface area (Å²) in [6.45, 7) is 1.81. The van der Waals surface area contributed by atoms with Crippen molar-refractivity contribution in [3.8, 4) is 11.1 Å². The Bertz CT molecular complexity index is 983. The molecule has 0 amide bonds.